The van der Waals surface area contributed by atoms with Crippen LogP contribution in [0.5, 0.6) is 0 Å². The van der Waals surface area contributed by atoms with E-state index in [2.05, 4.69) is 21.4 Å². The Bertz CT molecular complexity index is 382. The van der Waals surface area contributed by atoms with Crippen molar-refractivity contribution in [1.82, 2.24) is 9.97 Å². The van der Waals surface area contributed by atoms with Crippen molar-refractivity contribution in [3.63, 3.8) is 0 Å². The second-order valence-corrected chi connectivity index (χ2v) is 3.79. The molecule has 0 aromatic carbocycles. The number of thiophene rings is 1. The van der Waals surface area contributed by atoms with E-state index in [1.54, 1.807) is 17.5 Å². The molecule has 0 saturated heterocycles. The van der Waals surface area contributed by atoms with E-state index in [9.17, 15) is 0 Å². The van der Waals surface area contributed by atoms with E-state index < -0.39 is 0 Å². The van der Waals surface area contributed by atoms with Gasteiger partial charge in [-0.1, -0.05) is 6.07 Å². The predicted octanol–water partition coefficient (Wildman–Crippen LogP) is 1.73. The number of aromatic nitrogens is 2. The number of hydrogen-bond donors (Lipinski definition) is 2. The molecule has 0 radical (unpaired) electrons. The van der Waals surface area contributed by atoms with Gasteiger partial charge in [0, 0.05) is 4.88 Å². The van der Waals surface area contributed by atoms with Gasteiger partial charge in [-0.15, -0.1) is 11.3 Å². The monoisotopic (exact) mass is 206 g/mol. The van der Waals surface area contributed by atoms with Crippen LogP contribution in [0, 0.1) is 0 Å². The van der Waals surface area contributed by atoms with Crippen molar-refractivity contribution in [2.75, 3.05) is 11.1 Å². The van der Waals surface area contributed by atoms with E-state index in [0.29, 0.717) is 5.82 Å². The third kappa shape index (κ3) is 2.20. The van der Waals surface area contributed by atoms with Crippen LogP contribution in [0.4, 0.5) is 11.6 Å². The van der Waals surface area contributed by atoms with Crippen molar-refractivity contribution < 1.29 is 0 Å². The van der Waals surface area contributed by atoms with Gasteiger partial charge in [-0.05, 0) is 11.4 Å². The molecule has 0 amide bonds. The summed E-state index contributed by atoms with van der Waals surface area (Å²) in [7, 11) is 0. The first-order valence-electron chi connectivity index (χ1n) is 4.18. The van der Waals surface area contributed by atoms with Crippen molar-refractivity contribution in [3.8, 4) is 0 Å². The lowest BCUT2D eigenvalue weighted by Gasteiger charge is -2.02. The smallest absolute Gasteiger partial charge is 0.144 e. The van der Waals surface area contributed by atoms with Crippen molar-refractivity contribution in [1.29, 1.82) is 0 Å². The molecule has 2 aromatic rings. The lowest BCUT2D eigenvalue weighted by molar-refractivity contribution is 1.11. The molecule has 2 rings (SSSR count). The highest BCUT2D eigenvalue weighted by molar-refractivity contribution is 7.09. The Balaban J connectivity index is 1.95. The van der Waals surface area contributed by atoms with Crippen molar-refractivity contribution in [2.45, 2.75) is 6.54 Å². The Morgan fingerprint density at radius 3 is 2.93 bits per heavy atom. The lowest BCUT2D eigenvalue weighted by Crippen LogP contribution is -2.01. The number of nitrogens with one attached hydrogen (secondary N) is 1. The van der Waals surface area contributed by atoms with Crippen LogP contribution in [-0.4, -0.2) is 9.97 Å². The standard InChI is InChI=1S/C9H10N4S/c10-8-5-13-9(6-11-8)12-4-7-2-1-3-14-7/h1-3,5-6H,4H2,(H2,10,11)(H,12,13). The second kappa shape index (κ2) is 4.06. The Labute approximate surface area is 85.8 Å². The van der Waals surface area contributed by atoms with E-state index in [1.807, 2.05) is 11.4 Å². The van der Waals surface area contributed by atoms with Gasteiger partial charge in [0.15, 0.2) is 0 Å². The van der Waals surface area contributed by atoms with Crippen LogP contribution in [0.1, 0.15) is 4.88 Å². The molecule has 0 aliphatic heterocycles. The number of rotatable bonds is 3. The van der Waals surface area contributed by atoms with Gasteiger partial charge in [0.2, 0.25) is 0 Å². The van der Waals surface area contributed by atoms with Crippen LogP contribution in [-0.2, 0) is 6.54 Å². The summed E-state index contributed by atoms with van der Waals surface area (Å²) in [6, 6.07) is 4.10. The molecule has 14 heavy (non-hydrogen) atoms. The third-order valence-corrected chi connectivity index (χ3v) is 2.57. The summed E-state index contributed by atoms with van der Waals surface area (Å²) in [4.78, 5) is 9.29. The van der Waals surface area contributed by atoms with Crippen LogP contribution in [0.3, 0.4) is 0 Å². The number of nitrogens with zero attached hydrogens (tertiary/aromatic N) is 2. The summed E-state index contributed by atoms with van der Waals surface area (Å²) >= 11 is 1.71. The van der Waals surface area contributed by atoms with Gasteiger partial charge in [-0.2, -0.15) is 0 Å². The highest BCUT2D eigenvalue weighted by Gasteiger charge is 1.95. The number of nitrogen functional groups attached to an aromatic ring is 1. The van der Waals surface area contributed by atoms with E-state index in [0.717, 1.165) is 12.4 Å². The molecule has 4 nitrogen and oxygen atoms in total. The summed E-state index contributed by atoms with van der Waals surface area (Å²) in [5.41, 5.74) is 5.42. The first-order chi connectivity index (χ1) is 6.84. The van der Waals surface area contributed by atoms with Gasteiger partial charge in [0.1, 0.15) is 11.6 Å². The van der Waals surface area contributed by atoms with E-state index in [1.165, 1.54) is 11.1 Å². The summed E-state index contributed by atoms with van der Waals surface area (Å²) < 4.78 is 0. The summed E-state index contributed by atoms with van der Waals surface area (Å²) in [5, 5.41) is 5.20. The predicted molar refractivity (Wildman–Crippen MR) is 58.1 cm³/mol. The quantitative estimate of drug-likeness (QED) is 0.802. The topological polar surface area (TPSA) is 63.8 Å². The van der Waals surface area contributed by atoms with Crippen LogP contribution in [0.15, 0.2) is 29.9 Å². The fraction of sp³-hybridized carbons (Fsp3) is 0.111. The number of hydrogen-bond acceptors (Lipinski definition) is 5. The molecule has 0 fully saturated rings. The fourth-order valence-corrected chi connectivity index (χ4v) is 1.66. The highest BCUT2D eigenvalue weighted by atomic mass is 32.1. The highest BCUT2D eigenvalue weighted by Crippen LogP contribution is 2.10. The molecule has 2 aromatic heterocycles. The minimum Gasteiger partial charge on any atom is -0.382 e. The molecule has 2 heterocycles. The van der Waals surface area contributed by atoms with E-state index in [-0.39, 0.29) is 0 Å². The van der Waals surface area contributed by atoms with Gasteiger partial charge < -0.3 is 11.1 Å². The van der Waals surface area contributed by atoms with Gasteiger partial charge in [-0.25, -0.2) is 9.97 Å². The van der Waals surface area contributed by atoms with E-state index >= 15 is 0 Å². The molecule has 0 aliphatic rings. The zero-order valence-electron chi connectivity index (χ0n) is 7.47. The van der Waals surface area contributed by atoms with Crippen molar-refractivity contribution >= 4 is 23.0 Å². The van der Waals surface area contributed by atoms with Gasteiger partial charge in [0.25, 0.3) is 0 Å². The average molecular weight is 206 g/mol. The Morgan fingerprint density at radius 2 is 2.29 bits per heavy atom. The summed E-state index contributed by atoms with van der Waals surface area (Å²) in [6.45, 7) is 0.774. The molecular weight excluding hydrogens is 196 g/mol. The molecule has 0 atom stereocenters. The number of anilines is 2. The molecule has 0 spiro atoms. The molecule has 5 heteroatoms. The molecule has 3 N–H and O–H groups in total. The largest absolute Gasteiger partial charge is 0.382 e. The lowest BCUT2D eigenvalue weighted by atomic mass is 10.4. The first-order valence-corrected chi connectivity index (χ1v) is 5.06. The second-order valence-electron chi connectivity index (χ2n) is 2.76. The zero-order chi connectivity index (χ0) is 9.80. The van der Waals surface area contributed by atoms with Crippen LogP contribution < -0.4 is 11.1 Å². The fourth-order valence-electron chi connectivity index (χ4n) is 1.02. The zero-order valence-corrected chi connectivity index (χ0v) is 8.29. The minimum atomic E-state index is 0.437. The SMILES string of the molecule is Nc1cnc(NCc2cccs2)cn1. The Morgan fingerprint density at radius 1 is 1.36 bits per heavy atom. The normalized spacial score (nSPS) is 10.0. The molecule has 0 unspecified atom stereocenters. The van der Waals surface area contributed by atoms with Crippen LogP contribution in [0.2, 0.25) is 0 Å². The summed E-state index contributed by atoms with van der Waals surface area (Å²) in [6.07, 6.45) is 3.17. The molecular formula is C9H10N4S. The molecule has 72 valence electrons. The minimum absolute atomic E-state index is 0.437. The third-order valence-electron chi connectivity index (χ3n) is 1.70. The molecule has 0 saturated carbocycles. The Hall–Kier alpha value is -1.62. The average Bonchev–Trinajstić information content (AvgIpc) is 2.70. The maximum Gasteiger partial charge on any atom is 0.144 e. The molecule has 0 aliphatic carbocycles. The number of nitrogens with two attached hydrogens (primary N) is 1. The van der Waals surface area contributed by atoms with Crippen molar-refractivity contribution in [2.24, 2.45) is 0 Å². The van der Waals surface area contributed by atoms with Gasteiger partial charge >= 0.3 is 0 Å². The van der Waals surface area contributed by atoms with Gasteiger partial charge in [-0.3, -0.25) is 0 Å². The van der Waals surface area contributed by atoms with Crippen molar-refractivity contribution in [3.05, 3.63) is 34.8 Å². The maximum atomic E-state index is 5.42. The summed E-state index contributed by atoms with van der Waals surface area (Å²) in [5.74, 6) is 1.18. The van der Waals surface area contributed by atoms with Crippen LogP contribution >= 0.6 is 11.3 Å². The Kier molecular flexibility index (Phi) is 2.60. The van der Waals surface area contributed by atoms with Gasteiger partial charge in [0.05, 0.1) is 18.9 Å². The molecule has 0 bridgehead atoms. The maximum absolute atomic E-state index is 5.42. The van der Waals surface area contributed by atoms with Crippen LogP contribution in [0.25, 0.3) is 0 Å². The first kappa shape index (κ1) is 8.96. The van der Waals surface area contributed by atoms with E-state index in [4.69, 9.17) is 5.73 Å².